The van der Waals surface area contributed by atoms with Crippen LogP contribution in [0.2, 0.25) is 0 Å². The van der Waals surface area contributed by atoms with E-state index in [9.17, 15) is 18.0 Å². The van der Waals surface area contributed by atoms with E-state index in [0.29, 0.717) is 4.90 Å². The first kappa shape index (κ1) is 10.5. The second kappa shape index (κ2) is 3.65. The number of hydrogen-bond donors (Lipinski definition) is 0. The quantitative estimate of drug-likeness (QED) is 0.696. The number of alkyl halides is 3. The van der Waals surface area contributed by atoms with Gasteiger partial charge in [-0.05, 0) is 12.1 Å². The topological polar surface area (TPSA) is 33.2 Å². The van der Waals surface area contributed by atoms with Crippen LogP contribution in [0.5, 0.6) is 0 Å². The molecule has 1 amide bonds. The number of hydrogen-bond acceptors (Lipinski definition) is 2. The molecule has 76 valence electrons. The van der Waals surface area contributed by atoms with Crippen LogP contribution in [0.15, 0.2) is 24.5 Å². The van der Waals surface area contributed by atoms with Gasteiger partial charge >= 0.3 is 12.1 Å². The Morgan fingerprint density at radius 2 is 2.14 bits per heavy atom. The Labute approximate surface area is 78.2 Å². The molecule has 0 saturated carbocycles. The van der Waals surface area contributed by atoms with Crippen LogP contribution in [-0.4, -0.2) is 24.1 Å². The third-order valence-corrected chi connectivity index (χ3v) is 1.58. The number of rotatable bonds is 1. The highest BCUT2D eigenvalue weighted by Crippen LogP contribution is 2.21. The van der Waals surface area contributed by atoms with Crippen molar-refractivity contribution in [1.29, 1.82) is 0 Å². The van der Waals surface area contributed by atoms with Gasteiger partial charge < -0.3 is 4.90 Å². The minimum absolute atomic E-state index is 0.106. The molecule has 0 N–H and O–H groups in total. The normalized spacial score (nSPS) is 11.1. The minimum atomic E-state index is -4.86. The monoisotopic (exact) mass is 204 g/mol. The minimum Gasteiger partial charge on any atom is -0.306 e. The van der Waals surface area contributed by atoms with Gasteiger partial charge in [0, 0.05) is 13.2 Å². The molecule has 0 unspecified atom stereocenters. The van der Waals surface area contributed by atoms with Crippen molar-refractivity contribution >= 4 is 11.6 Å². The third kappa shape index (κ3) is 2.21. The Bertz CT molecular complexity index is 323. The van der Waals surface area contributed by atoms with Crippen LogP contribution in [-0.2, 0) is 4.79 Å². The van der Waals surface area contributed by atoms with Crippen LogP contribution < -0.4 is 4.90 Å². The van der Waals surface area contributed by atoms with E-state index in [1.54, 1.807) is 0 Å². The fourth-order valence-electron chi connectivity index (χ4n) is 0.860. The van der Waals surface area contributed by atoms with Crippen molar-refractivity contribution in [3.63, 3.8) is 0 Å². The molecular formula is C8H7F3N2O. The third-order valence-electron chi connectivity index (χ3n) is 1.58. The first-order chi connectivity index (χ1) is 6.43. The number of halogens is 3. The second-order valence-electron chi connectivity index (χ2n) is 2.57. The van der Waals surface area contributed by atoms with Crippen molar-refractivity contribution < 1.29 is 18.0 Å². The Morgan fingerprint density at radius 3 is 2.57 bits per heavy atom. The highest BCUT2D eigenvalue weighted by Gasteiger charge is 2.41. The fraction of sp³-hybridized carbons (Fsp3) is 0.250. The maximum absolute atomic E-state index is 12.0. The SMILES string of the molecule is CN(C(=O)C(F)(F)F)c1cccnc1. The van der Waals surface area contributed by atoms with E-state index in [1.807, 2.05) is 0 Å². The summed E-state index contributed by atoms with van der Waals surface area (Å²) in [6, 6.07) is 2.83. The van der Waals surface area contributed by atoms with Crippen molar-refractivity contribution in [1.82, 2.24) is 4.98 Å². The molecule has 1 aromatic heterocycles. The van der Waals surface area contributed by atoms with Gasteiger partial charge in [0.15, 0.2) is 0 Å². The molecule has 0 aromatic carbocycles. The number of aromatic nitrogens is 1. The van der Waals surface area contributed by atoms with E-state index >= 15 is 0 Å². The van der Waals surface area contributed by atoms with Crippen LogP contribution >= 0.6 is 0 Å². The second-order valence-corrected chi connectivity index (χ2v) is 2.57. The van der Waals surface area contributed by atoms with Crippen LogP contribution in [0.25, 0.3) is 0 Å². The van der Waals surface area contributed by atoms with Gasteiger partial charge in [-0.15, -0.1) is 0 Å². The van der Waals surface area contributed by atoms with Crippen molar-refractivity contribution in [2.24, 2.45) is 0 Å². The molecule has 0 spiro atoms. The van der Waals surface area contributed by atoms with Crippen molar-refractivity contribution in [2.45, 2.75) is 6.18 Å². The summed E-state index contributed by atoms with van der Waals surface area (Å²) in [5, 5.41) is 0. The van der Waals surface area contributed by atoms with Crippen LogP contribution in [0, 0.1) is 0 Å². The average Bonchev–Trinajstić information content (AvgIpc) is 2.15. The Kier molecular flexibility index (Phi) is 2.73. The molecule has 6 heteroatoms. The number of amides is 1. The van der Waals surface area contributed by atoms with Gasteiger partial charge in [0.25, 0.3) is 0 Å². The number of carbonyl (C=O) groups excluding carboxylic acids is 1. The Balaban J connectivity index is 2.87. The predicted octanol–water partition coefficient (Wildman–Crippen LogP) is 1.61. The van der Waals surface area contributed by atoms with Crippen LogP contribution in [0.4, 0.5) is 18.9 Å². The van der Waals surface area contributed by atoms with E-state index < -0.39 is 12.1 Å². The van der Waals surface area contributed by atoms with Gasteiger partial charge in [0.05, 0.1) is 11.9 Å². The highest BCUT2D eigenvalue weighted by atomic mass is 19.4. The van der Waals surface area contributed by atoms with Gasteiger partial charge in [-0.3, -0.25) is 9.78 Å². The van der Waals surface area contributed by atoms with Gasteiger partial charge in [-0.25, -0.2) is 0 Å². The zero-order valence-corrected chi connectivity index (χ0v) is 7.25. The smallest absolute Gasteiger partial charge is 0.306 e. The van der Waals surface area contributed by atoms with Crippen molar-refractivity contribution in [3.05, 3.63) is 24.5 Å². The molecule has 0 bridgehead atoms. The molecule has 14 heavy (non-hydrogen) atoms. The summed E-state index contributed by atoms with van der Waals surface area (Å²) in [6.07, 6.45) is -2.26. The molecule has 0 aliphatic rings. The first-order valence-corrected chi connectivity index (χ1v) is 3.68. The molecule has 0 fully saturated rings. The predicted molar refractivity (Wildman–Crippen MR) is 43.7 cm³/mol. The maximum Gasteiger partial charge on any atom is 0.471 e. The number of pyridine rings is 1. The lowest BCUT2D eigenvalue weighted by molar-refractivity contribution is -0.170. The first-order valence-electron chi connectivity index (χ1n) is 3.68. The fourth-order valence-corrected chi connectivity index (χ4v) is 0.860. The van der Waals surface area contributed by atoms with E-state index in [1.165, 1.54) is 24.5 Å². The standard InChI is InChI=1S/C8H7F3N2O/c1-13(7(14)8(9,10)11)6-3-2-4-12-5-6/h2-5H,1H3. The molecule has 1 rings (SSSR count). The molecule has 0 saturated heterocycles. The van der Waals surface area contributed by atoms with E-state index in [0.717, 1.165) is 7.05 Å². The van der Waals surface area contributed by atoms with Gasteiger partial charge in [-0.1, -0.05) is 0 Å². The van der Waals surface area contributed by atoms with Crippen LogP contribution in [0.3, 0.4) is 0 Å². The number of carbonyl (C=O) groups is 1. The summed E-state index contributed by atoms with van der Waals surface area (Å²) in [4.78, 5) is 14.9. The lowest BCUT2D eigenvalue weighted by Crippen LogP contribution is -2.38. The molecule has 1 heterocycles. The molecule has 1 aromatic rings. The van der Waals surface area contributed by atoms with Crippen molar-refractivity contribution in [3.8, 4) is 0 Å². The van der Waals surface area contributed by atoms with E-state index in [-0.39, 0.29) is 5.69 Å². The summed E-state index contributed by atoms with van der Waals surface area (Å²) in [6.45, 7) is 0. The molecule has 0 radical (unpaired) electrons. The molecule has 3 nitrogen and oxygen atoms in total. The lowest BCUT2D eigenvalue weighted by atomic mass is 10.3. The highest BCUT2D eigenvalue weighted by molar-refractivity contribution is 5.96. The molecule has 0 atom stereocenters. The number of nitrogens with zero attached hydrogens (tertiary/aromatic N) is 2. The van der Waals surface area contributed by atoms with Crippen LogP contribution in [0.1, 0.15) is 0 Å². The zero-order valence-electron chi connectivity index (χ0n) is 7.25. The molecule has 0 aliphatic carbocycles. The van der Waals surface area contributed by atoms with E-state index in [4.69, 9.17) is 0 Å². The largest absolute Gasteiger partial charge is 0.471 e. The lowest BCUT2D eigenvalue weighted by Gasteiger charge is -2.17. The Hall–Kier alpha value is -1.59. The number of anilines is 1. The Morgan fingerprint density at radius 1 is 1.50 bits per heavy atom. The molecular weight excluding hydrogens is 197 g/mol. The van der Waals surface area contributed by atoms with Gasteiger partial charge in [-0.2, -0.15) is 13.2 Å². The molecule has 0 aliphatic heterocycles. The summed E-state index contributed by atoms with van der Waals surface area (Å²) in [7, 11) is 1.05. The summed E-state index contributed by atoms with van der Waals surface area (Å²) < 4.78 is 35.9. The summed E-state index contributed by atoms with van der Waals surface area (Å²) >= 11 is 0. The van der Waals surface area contributed by atoms with E-state index in [2.05, 4.69) is 4.98 Å². The summed E-state index contributed by atoms with van der Waals surface area (Å²) in [5.74, 6) is -1.91. The van der Waals surface area contributed by atoms with Crippen molar-refractivity contribution in [2.75, 3.05) is 11.9 Å². The maximum atomic E-state index is 12.0. The average molecular weight is 204 g/mol. The zero-order chi connectivity index (χ0) is 10.8. The van der Waals surface area contributed by atoms with Gasteiger partial charge in [0.2, 0.25) is 0 Å². The van der Waals surface area contributed by atoms with Gasteiger partial charge in [0.1, 0.15) is 0 Å². The summed E-state index contributed by atoms with van der Waals surface area (Å²) in [5.41, 5.74) is 0.106.